The number of benzene rings is 3. The summed E-state index contributed by atoms with van der Waals surface area (Å²) in [6.07, 6.45) is 0. The zero-order valence-corrected chi connectivity index (χ0v) is 16.2. The lowest BCUT2D eigenvalue weighted by Crippen LogP contribution is -2.23. The number of ether oxygens (including phenoxy) is 1. The van der Waals surface area contributed by atoms with E-state index in [4.69, 9.17) is 4.74 Å². The first kappa shape index (κ1) is 15.7. The number of methoxy groups -OCH3 is 1. The van der Waals surface area contributed by atoms with Gasteiger partial charge in [-0.3, -0.25) is 0 Å². The van der Waals surface area contributed by atoms with Crippen molar-refractivity contribution in [3.05, 3.63) is 87.9 Å². The molecule has 1 atom stereocenters. The predicted molar refractivity (Wildman–Crippen MR) is 110 cm³/mol. The molecular formula is C23H18BrNO. The lowest BCUT2D eigenvalue weighted by Gasteiger charge is -2.29. The van der Waals surface area contributed by atoms with Crippen LogP contribution < -0.4 is 4.74 Å². The molecule has 128 valence electrons. The smallest absolute Gasteiger partial charge is 0.124 e. The van der Waals surface area contributed by atoms with Gasteiger partial charge >= 0.3 is 0 Å². The Bertz CT molecular complexity index is 1160. The van der Waals surface area contributed by atoms with Gasteiger partial charge in [0.2, 0.25) is 0 Å². The highest BCUT2D eigenvalue weighted by Crippen LogP contribution is 2.56. The standard InChI is InChI=1S/C23H18BrNO/c1-23(18-12-11-14(24)13-20(18)26-2)17-9-5-3-7-15(17)22-21(23)16-8-4-6-10-19(16)25-22/h3-13,25H,1-2H3. The number of hydrogen-bond donors (Lipinski definition) is 1. The highest BCUT2D eigenvalue weighted by Gasteiger charge is 2.44. The molecule has 1 aliphatic rings. The molecule has 1 N–H and O–H groups in total. The van der Waals surface area contributed by atoms with Crippen LogP contribution >= 0.6 is 15.9 Å². The quantitative estimate of drug-likeness (QED) is 0.418. The third kappa shape index (κ3) is 1.92. The van der Waals surface area contributed by atoms with Crippen LogP contribution in [0.4, 0.5) is 0 Å². The maximum absolute atomic E-state index is 5.78. The second kappa shape index (κ2) is 5.49. The Morgan fingerprint density at radius 1 is 0.923 bits per heavy atom. The minimum absolute atomic E-state index is 0.280. The molecule has 4 aromatic rings. The summed E-state index contributed by atoms with van der Waals surface area (Å²) in [4.78, 5) is 3.66. The molecule has 0 fully saturated rings. The van der Waals surface area contributed by atoms with Gasteiger partial charge in [-0.1, -0.05) is 64.5 Å². The Hall–Kier alpha value is -2.52. The molecule has 0 radical (unpaired) electrons. The zero-order valence-electron chi connectivity index (χ0n) is 14.6. The van der Waals surface area contributed by atoms with Gasteiger partial charge in [-0.15, -0.1) is 0 Å². The second-order valence-electron chi connectivity index (χ2n) is 6.94. The average molecular weight is 404 g/mol. The number of aromatic nitrogens is 1. The number of hydrogen-bond acceptors (Lipinski definition) is 1. The lowest BCUT2D eigenvalue weighted by molar-refractivity contribution is 0.403. The molecule has 1 unspecified atom stereocenters. The van der Waals surface area contributed by atoms with E-state index >= 15 is 0 Å². The molecule has 1 aromatic heterocycles. The van der Waals surface area contributed by atoms with E-state index in [-0.39, 0.29) is 5.41 Å². The van der Waals surface area contributed by atoms with E-state index < -0.39 is 0 Å². The molecule has 0 aliphatic heterocycles. The first-order chi connectivity index (χ1) is 12.6. The van der Waals surface area contributed by atoms with Gasteiger partial charge in [0.15, 0.2) is 0 Å². The summed E-state index contributed by atoms with van der Waals surface area (Å²) in [5.74, 6) is 0.898. The van der Waals surface area contributed by atoms with Crippen LogP contribution in [0.3, 0.4) is 0 Å². The van der Waals surface area contributed by atoms with Gasteiger partial charge in [-0.05, 0) is 30.7 Å². The number of halogens is 1. The van der Waals surface area contributed by atoms with Crippen molar-refractivity contribution in [2.45, 2.75) is 12.3 Å². The van der Waals surface area contributed by atoms with Crippen molar-refractivity contribution in [3.63, 3.8) is 0 Å². The van der Waals surface area contributed by atoms with E-state index in [0.717, 1.165) is 10.2 Å². The van der Waals surface area contributed by atoms with Crippen LogP contribution in [-0.2, 0) is 5.41 Å². The van der Waals surface area contributed by atoms with Gasteiger partial charge in [0.05, 0.1) is 12.8 Å². The normalized spacial score (nSPS) is 18.0. The van der Waals surface area contributed by atoms with Gasteiger partial charge in [0, 0.05) is 37.5 Å². The van der Waals surface area contributed by atoms with E-state index in [0.29, 0.717) is 0 Å². The maximum atomic E-state index is 5.78. The number of para-hydroxylation sites is 1. The van der Waals surface area contributed by atoms with Crippen LogP contribution in [-0.4, -0.2) is 12.1 Å². The van der Waals surface area contributed by atoms with Crippen LogP contribution in [0.1, 0.15) is 23.6 Å². The summed E-state index contributed by atoms with van der Waals surface area (Å²) >= 11 is 3.57. The monoisotopic (exact) mass is 403 g/mol. The predicted octanol–water partition coefficient (Wildman–Crippen LogP) is 6.27. The summed E-state index contributed by atoms with van der Waals surface area (Å²) in [6, 6.07) is 23.5. The first-order valence-corrected chi connectivity index (χ1v) is 9.49. The summed E-state index contributed by atoms with van der Waals surface area (Å²) < 4.78 is 6.80. The third-order valence-electron chi connectivity index (χ3n) is 5.64. The summed E-state index contributed by atoms with van der Waals surface area (Å²) in [5, 5.41) is 1.27. The molecule has 1 heterocycles. The molecule has 26 heavy (non-hydrogen) atoms. The van der Waals surface area contributed by atoms with Crippen molar-refractivity contribution in [1.82, 2.24) is 4.98 Å². The Kier molecular flexibility index (Phi) is 3.32. The van der Waals surface area contributed by atoms with Crippen molar-refractivity contribution >= 4 is 26.8 Å². The largest absolute Gasteiger partial charge is 0.496 e. The van der Waals surface area contributed by atoms with Crippen molar-refractivity contribution in [2.24, 2.45) is 0 Å². The fourth-order valence-corrected chi connectivity index (χ4v) is 4.83. The molecule has 3 aromatic carbocycles. The average Bonchev–Trinajstić information content (AvgIpc) is 3.17. The Morgan fingerprint density at radius 2 is 1.69 bits per heavy atom. The zero-order chi connectivity index (χ0) is 17.9. The van der Waals surface area contributed by atoms with Crippen LogP contribution in [0, 0.1) is 0 Å². The van der Waals surface area contributed by atoms with E-state index in [1.807, 2.05) is 0 Å². The number of H-pyrrole nitrogens is 1. The third-order valence-corrected chi connectivity index (χ3v) is 6.14. The van der Waals surface area contributed by atoms with Crippen LogP contribution in [0.25, 0.3) is 22.2 Å². The maximum Gasteiger partial charge on any atom is 0.124 e. The number of fused-ring (bicyclic) bond motifs is 5. The second-order valence-corrected chi connectivity index (χ2v) is 7.85. The molecule has 0 saturated carbocycles. The highest BCUT2D eigenvalue weighted by molar-refractivity contribution is 9.10. The van der Waals surface area contributed by atoms with Crippen molar-refractivity contribution in [3.8, 4) is 17.0 Å². The fraction of sp³-hybridized carbons (Fsp3) is 0.130. The Balaban J connectivity index is 1.93. The van der Waals surface area contributed by atoms with Gasteiger partial charge < -0.3 is 9.72 Å². The van der Waals surface area contributed by atoms with E-state index in [9.17, 15) is 0 Å². The van der Waals surface area contributed by atoms with Gasteiger partial charge in [0.25, 0.3) is 0 Å². The minimum Gasteiger partial charge on any atom is -0.496 e. The molecule has 5 rings (SSSR count). The summed E-state index contributed by atoms with van der Waals surface area (Å²) in [5.41, 5.74) is 7.20. The first-order valence-electron chi connectivity index (χ1n) is 8.69. The Morgan fingerprint density at radius 3 is 2.54 bits per heavy atom. The van der Waals surface area contributed by atoms with E-state index in [2.05, 4.69) is 94.6 Å². The topological polar surface area (TPSA) is 25.0 Å². The molecule has 2 nitrogen and oxygen atoms in total. The minimum atomic E-state index is -0.280. The molecule has 0 amide bonds. The van der Waals surface area contributed by atoms with E-state index in [1.54, 1.807) is 7.11 Å². The van der Waals surface area contributed by atoms with Crippen LogP contribution in [0.15, 0.2) is 71.2 Å². The molecule has 0 bridgehead atoms. The van der Waals surface area contributed by atoms with Gasteiger partial charge in [-0.25, -0.2) is 0 Å². The van der Waals surface area contributed by atoms with Gasteiger partial charge in [-0.2, -0.15) is 0 Å². The number of rotatable bonds is 2. The van der Waals surface area contributed by atoms with Crippen molar-refractivity contribution < 1.29 is 4.74 Å². The van der Waals surface area contributed by atoms with Crippen LogP contribution in [0.2, 0.25) is 0 Å². The van der Waals surface area contributed by atoms with E-state index in [1.165, 1.54) is 38.9 Å². The van der Waals surface area contributed by atoms with Crippen LogP contribution in [0.5, 0.6) is 5.75 Å². The van der Waals surface area contributed by atoms with Crippen molar-refractivity contribution in [1.29, 1.82) is 0 Å². The molecule has 1 aliphatic carbocycles. The SMILES string of the molecule is COc1cc(Br)ccc1C1(C)c2ccccc2-c2[nH]c3ccccc3c21. The summed E-state index contributed by atoms with van der Waals surface area (Å²) in [7, 11) is 1.74. The summed E-state index contributed by atoms with van der Waals surface area (Å²) in [6.45, 7) is 2.31. The number of aromatic amines is 1. The molecule has 0 saturated heterocycles. The van der Waals surface area contributed by atoms with Gasteiger partial charge in [0.1, 0.15) is 5.75 Å². The lowest BCUT2D eigenvalue weighted by atomic mass is 9.73. The Labute approximate surface area is 161 Å². The fourth-order valence-electron chi connectivity index (χ4n) is 4.49. The number of nitrogens with one attached hydrogen (secondary N) is 1. The molecular weight excluding hydrogens is 386 g/mol. The molecule has 3 heteroatoms. The highest BCUT2D eigenvalue weighted by atomic mass is 79.9. The molecule has 0 spiro atoms. The van der Waals surface area contributed by atoms with Crippen molar-refractivity contribution in [2.75, 3.05) is 7.11 Å².